The highest BCUT2D eigenvalue weighted by atomic mass is 19.2. The molecule has 0 bridgehead atoms. The first-order valence-electron chi connectivity index (χ1n) is 8.96. The lowest BCUT2D eigenvalue weighted by molar-refractivity contribution is -0.00234. The van der Waals surface area contributed by atoms with Crippen molar-refractivity contribution in [3.8, 4) is 5.75 Å². The molecule has 10 heteroatoms. The van der Waals surface area contributed by atoms with Gasteiger partial charge in [-0.15, -0.1) is 0 Å². The SMILES string of the molecule is COc1ccc(F)c(F)c1[C@@H](C)Nc1ccn2ncc(C3=NOC(C)(C)N3)c2n1. The van der Waals surface area contributed by atoms with Crippen molar-refractivity contribution in [2.45, 2.75) is 32.5 Å². The van der Waals surface area contributed by atoms with Crippen LogP contribution in [0, 0.1) is 11.6 Å². The number of aromatic nitrogens is 3. The van der Waals surface area contributed by atoms with Crippen molar-refractivity contribution in [2.75, 3.05) is 12.4 Å². The number of benzene rings is 1. The van der Waals surface area contributed by atoms with Crippen molar-refractivity contribution in [1.29, 1.82) is 0 Å². The number of halogens is 2. The van der Waals surface area contributed by atoms with Gasteiger partial charge in [-0.05, 0) is 39.0 Å². The van der Waals surface area contributed by atoms with Gasteiger partial charge in [-0.2, -0.15) is 5.10 Å². The average Bonchev–Trinajstić information content (AvgIpc) is 3.25. The Morgan fingerprint density at radius 1 is 1.28 bits per heavy atom. The lowest BCUT2D eigenvalue weighted by atomic mass is 10.1. The predicted octanol–water partition coefficient (Wildman–Crippen LogP) is 3.21. The molecule has 2 aromatic heterocycles. The smallest absolute Gasteiger partial charge is 0.203 e. The zero-order chi connectivity index (χ0) is 20.8. The van der Waals surface area contributed by atoms with Gasteiger partial charge in [0, 0.05) is 6.20 Å². The first-order chi connectivity index (χ1) is 13.8. The second-order valence-corrected chi connectivity index (χ2v) is 7.15. The molecule has 1 aromatic carbocycles. The highest BCUT2D eigenvalue weighted by Gasteiger charge is 2.30. The van der Waals surface area contributed by atoms with E-state index in [1.54, 1.807) is 29.9 Å². The molecule has 0 radical (unpaired) electrons. The third-order valence-corrected chi connectivity index (χ3v) is 4.52. The normalized spacial score (nSPS) is 16.1. The summed E-state index contributed by atoms with van der Waals surface area (Å²) in [4.78, 5) is 9.89. The first-order valence-corrected chi connectivity index (χ1v) is 8.96. The van der Waals surface area contributed by atoms with E-state index in [-0.39, 0.29) is 11.3 Å². The van der Waals surface area contributed by atoms with E-state index >= 15 is 0 Å². The standard InChI is InChI=1S/C19H20F2N6O2/c1-10(15-13(28-4)6-5-12(20)16(15)21)23-14-7-8-27-18(24-14)11(9-22-27)17-25-19(2,3)29-26-17/h5-10H,1-4H3,(H,23,24)(H,25,26)/t10-/m1/s1. The molecule has 2 N–H and O–H groups in total. The van der Waals surface area contributed by atoms with E-state index in [9.17, 15) is 8.78 Å². The molecule has 0 saturated carbocycles. The Morgan fingerprint density at radius 3 is 2.76 bits per heavy atom. The van der Waals surface area contributed by atoms with Crippen LogP contribution in [-0.4, -0.2) is 33.3 Å². The second-order valence-electron chi connectivity index (χ2n) is 7.15. The number of fused-ring (bicyclic) bond motifs is 1. The van der Waals surface area contributed by atoms with Gasteiger partial charge in [0.2, 0.25) is 5.72 Å². The Morgan fingerprint density at radius 2 is 2.07 bits per heavy atom. The van der Waals surface area contributed by atoms with E-state index in [0.717, 1.165) is 6.07 Å². The fourth-order valence-corrected chi connectivity index (χ4v) is 3.15. The number of nitrogens with zero attached hydrogens (tertiary/aromatic N) is 4. The minimum Gasteiger partial charge on any atom is -0.496 e. The molecule has 4 rings (SSSR count). The number of anilines is 1. The number of methoxy groups -OCH3 is 1. The summed E-state index contributed by atoms with van der Waals surface area (Å²) in [5.41, 5.74) is 0.641. The third-order valence-electron chi connectivity index (χ3n) is 4.52. The molecule has 0 saturated heterocycles. The zero-order valence-corrected chi connectivity index (χ0v) is 16.3. The average molecular weight is 402 g/mol. The lowest BCUT2D eigenvalue weighted by Gasteiger charge is -2.19. The van der Waals surface area contributed by atoms with Crippen LogP contribution in [0.1, 0.15) is 37.9 Å². The van der Waals surface area contributed by atoms with Crippen molar-refractivity contribution in [1.82, 2.24) is 19.9 Å². The number of ether oxygens (including phenoxy) is 1. The highest BCUT2D eigenvalue weighted by molar-refractivity contribution is 6.04. The van der Waals surface area contributed by atoms with Gasteiger partial charge in [-0.3, -0.25) is 0 Å². The van der Waals surface area contributed by atoms with Crippen LogP contribution >= 0.6 is 0 Å². The monoisotopic (exact) mass is 402 g/mol. The maximum atomic E-state index is 14.4. The van der Waals surface area contributed by atoms with Crippen molar-refractivity contribution >= 4 is 17.3 Å². The minimum absolute atomic E-state index is 0.0832. The van der Waals surface area contributed by atoms with Crippen LogP contribution in [0.3, 0.4) is 0 Å². The number of hydrogen-bond acceptors (Lipinski definition) is 7. The molecule has 29 heavy (non-hydrogen) atoms. The van der Waals surface area contributed by atoms with Crippen molar-refractivity contribution in [2.24, 2.45) is 5.16 Å². The van der Waals surface area contributed by atoms with Crippen LogP contribution in [0.2, 0.25) is 0 Å². The summed E-state index contributed by atoms with van der Waals surface area (Å²) in [6, 6.07) is 3.51. The van der Waals surface area contributed by atoms with Gasteiger partial charge in [-0.25, -0.2) is 18.3 Å². The number of nitrogens with one attached hydrogen (secondary N) is 2. The van der Waals surface area contributed by atoms with Crippen LogP contribution < -0.4 is 15.4 Å². The molecule has 0 amide bonds. The van der Waals surface area contributed by atoms with Gasteiger partial charge in [0.05, 0.1) is 30.5 Å². The number of oxime groups is 1. The fourth-order valence-electron chi connectivity index (χ4n) is 3.15. The van der Waals surface area contributed by atoms with Crippen molar-refractivity contribution < 1.29 is 18.4 Å². The number of amidine groups is 1. The predicted molar refractivity (Wildman–Crippen MR) is 103 cm³/mol. The summed E-state index contributed by atoms with van der Waals surface area (Å²) in [5.74, 6) is -0.682. The van der Waals surface area contributed by atoms with E-state index in [2.05, 4.69) is 25.9 Å². The fraction of sp³-hybridized carbons (Fsp3) is 0.316. The topological polar surface area (TPSA) is 85.1 Å². The molecule has 0 aliphatic carbocycles. The van der Waals surface area contributed by atoms with Crippen LogP contribution in [-0.2, 0) is 4.84 Å². The van der Waals surface area contributed by atoms with E-state index < -0.39 is 23.4 Å². The number of rotatable bonds is 5. The molecule has 3 heterocycles. The largest absolute Gasteiger partial charge is 0.496 e. The van der Waals surface area contributed by atoms with Crippen LogP contribution in [0.4, 0.5) is 14.6 Å². The second kappa shape index (κ2) is 6.87. The Kier molecular flexibility index (Phi) is 4.48. The van der Waals surface area contributed by atoms with E-state index in [1.165, 1.54) is 13.2 Å². The van der Waals surface area contributed by atoms with Crippen LogP contribution in [0.5, 0.6) is 5.75 Å². The molecule has 1 atom stereocenters. The Balaban J connectivity index is 1.66. The molecular formula is C19H20F2N6O2. The van der Waals surface area contributed by atoms with Gasteiger partial charge in [0.1, 0.15) is 11.6 Å². The minimum atomic E-state index is -0.959. The molecule has 1 aliphatic rings. The van der Waals surface area contributed by atoms with Crippen molar-refractivity contribution in [3.05, 3.63) is 53.4 Å². The maximum Gasteiger partial charge on any atom is 0.203 e. The van der Waals surface area contributed by atoms with Gasteiger partial charge in [0.25, 0.3) is 0 Å². The summed E-state index contributed by atoms with van der Waals surface area (Å²) in [5, 5.41) is 14.5. The van der Waals surface area contributed by atoms with Gasteiger partial charge >= 0.3 is 0 Å². The Bertz CT molecular complexity index is 1110. The van der Waals surface area contributed by atoms with Crippen LogP contribution in [0.15, 0.2) is 35.7 Å². The lowest BCUT2D eigenvalue weighted by Crippen LogP contribution is -2.38. The summed E-state index contributed by atoms with van der Waals surface area (Å²) >= 11 is 0. The van der Waals surface area contributed by atoms with E-state index in [0.29, 0.717) is 22.9 Å². The van der Waals surface area contributed by atoms with Crippen molar-refractivity contribution in [3.63, 3.8) is 0 Å². The van der Waals surface area contributed by atoms with Gasteiger partial charge < -0.3 is 20.2 Å². The zero-order valence-electron chi connectivity index (χ0n) is 16.3. The van der Waals surface area contributed by atoms with E-state index in [1.807, 2.05) is 13.8 Å². The summed E-state index contributed by atoms with van der Waals surface area (Å²) < 4.78 is 34.9. The summed E-state index contributed by atoms with van der Waals surface area (Å²) in [6.07, 6.45) is 3.34. The van der Waals surface area contributed by atoms with E-state index in [4.69, 9.17) is 9.57 Å². The molecule has 3 aromatic rings. The quantitative estimate of drug-likeness (QED) is 0.682. The van der Waals surface area contributed by atoms with Gasteiger partial charge in [-0.1, -0.05) is 5.16 Å². The summed E-state index contributed by atoms with van der Waals surface area (Å²) in [6.45, 7) is 5.39. The van der Waals surface area contributed by atoms with Gasteiger partial charge in [0.15, 0.2) is 23.1 Å². The molecule has 8 nitrogen and oxygen atoms in total. The third kappa shape index (κ3) is 3.41. The molecule has 0 spiro atoms. The summed E-state index contributed by atoms with van der Waals surface area (Å²) in [7, 11) is 1.41. The highest BCUT2D eigenvalue weighted by Crippen LogP contribution is 2.31. The Hall–Kier alpha value is -3.43. The Labute approximate surface area is 165 Å². The molecule has 0 fully saturated rings. The molecule has 0 unspecified atom stereocenters. The molecule has 1 aliphatic heterocycles. The first kappa shape index (κ1) is 18.9. The molecule has 152 valence electrons. The van der Waals surface area contributed by atoms with Crippen LogP contribution in [0.25, 0.3) is 5.65 Å². The maximum absolute atomic E-state index is 14.4. The number of hydrogen-bond donors (Lipinski definition) is 2. The molecular weight excluding hydrogens is 382 g/mol.